The van der Waals surface area contributed by atoms with Crippen LogP contribution >= 0.6 is 0 Å². The van der Waals surface area contributed by atoms with Crippen molar-refractivity contribution in [3.05, 3.63) is 77.6 Å². The van der Waals surface area contributed by atoms with Gasteiger partial charge >= 0.3 is 0 Å². The second-order valence-electron chi connectivity index (χ2n) is 6.15. The van der Waals surface area contributed by atoms with Crippen LogP contribution in [0.25, 0.3) is 5.65 Å². The molecule has 4 aromatic rings. The fourth-order valence-corrected chi connectivity index (χ4v) is 2.87. The number of nitriles is 1. The number of ketones is 1. The molecule has 4 rings (SSSR count). The summed E-state index contributed by atoms with van der Waals surface area (Å²) in [5, 5.41) is 26.9. The molecule has 0 atom stereocenters. The number of aromatic nitrogens is 3. The summed E-state index contributed by atoms with van der Waals surface area (Å²) in [6.07, 6.45) is 2.85. The van der Waals surface area contributed by atoms with Crippen LogP contribution in [0.4, 0.5) is 11.5 Å². The van der Waals surface area contributed by atoms with Crippen molar-refractivity contribution in [2.45, 2.75) is 0 Å². The second kappa shape index (κ2) is 7.32. The summed E-state index contributed by atoms with van der Waals surface area (Å²) in [4.78, 5) is 16.9. The maximum atomic E-state index is 12.7. The van der Waals surface area contributed by atoms with Crippen LogP contribution < -0.4 is 10.1 Å². The third kappa shape index (κ3) is 3.33. The number of ether oxygens (including phenoxy) is 1. The van der Waals surface area contributed by atoms with Gasteiger partial charge in [0.1, 0.15) is 23.1 Å². The van der Waals surface area contributed by atoms with Crippen LogP contribution in [0.3, 0.4) is 0 Å². The van der Waals surface area contributed by atoms with E-state index in [9.17, 15) is 15.2 Å². The molecule has 2 aromatic heterocycles. The van der Waals surface area contributed by atoms with Gasteiger partial charge in [0.25, 0.3) is 0 Å². The van der Waals surface area contributed by atoms with Gasteiger partial charge in [0, 0.05) is 18.1 Å². The molecule has 0 radical (unpaired) electrons. The molecule has 0 saturated carbocycles. The number of methoxy groups -OCH3 is 1. The summed E-state index contributed by atoms with van der Waals surface area (Å²) in [5.74, 6) is 0.520. The van der Waals surface area contributed by atoms with Gasteiger partial charge in [-0.1, -0.05) is 12.1 Å². The van der Waals surface area contributed by atoms with Gasteiger partial charge in [-0.05, 0) is 36.4 Å². The zero-order valence-corrected chi connectivity index (χ0v) is 15.3. The molecular formula is C21H15N5O3. The minimum Gasteiger partial charge on any atom is -0.507 e. The highest BCUT2D eigenvalue weighted by Gasteiger charge is 2.18. The second-order valence-corrected chi connectivity index (χ2v) is 6.15. The van der Waals surface area contributed by atoms with E-state index < -0.39 is 5.78 Å². The van der Waals surface area contributed by atoms with E-state index in [0.717, 1.165) is 5.69 Å². The Bertz CT molecular complexity index is 1260. The van der Waals surface area contributed by atoms with Crippen molar-refractivity contribution in [1.29, 1.82) is 5.26 Å². The number of nitrogens with zero attached hydrogens (tertiary/aromatic N) is 4. The summed E-state index contributed by atoms with van der Waals surface area (Å²) in [6, 6.07) is 15.5. The molecule has 0 fully saturated rings. The molecule has 0 saturated heterocycles. The number of rotatable bonds is 5. The standard InChI is InChI=1S/C21H15N5O3/c1-29-15-8-6-14(7-9-15)24-20-17(10-22)21-23-11-13(12-26(21)25-20)19(28)16-4-2-3-5-18(16)27/h2-9,11-12,27H,1H3,(H,24,25). The topological polar surface area (TPSA) is 113 Å². The number of carbonyl (C=O) groups excluding carboxylic acids is 1. The van der Waals surface area contributed by atoms with Gasteiger partial charge in [-0.2, -0.15) is 5.26 Å². The van der Waals surface area contributed by atoms with E-state index in [1.54, 1.807) is 43.5 Å². The predicted octanol–water partition coefficient (Wildman–Crippen LogP) is 3.29. The molecule has 2 aromatic carbocycles. The van der Waals surface area contributed by atoms with E-state index in [1.807, 2.05) is 0 Å². The van der Waals surface area contributed by atoms with Crippen LogP contribution in [-0.2, 0) is 0 Å². The van der Waals surface area contributed by atoms with Crippen molar-refractivity contribution in [3.63, 3.8) is 0 Å². The number of anilines is 2. The lowest BCUT2D eigenvalue weighted by molar-refractivity contribution is 0.103. The number of benzene rings is 2. The molecule has 0 spiro atoms. The van der Waals surface area contributed by atoms with Gasteiger partial charge in [0.15, 0.2) is 17.2 Å². The van der Waals surface area contributed by atoms with E-state index >= 15 is 0 Å². The maximum Gasteiger partial charge on any atom is 0.199 e. The third-order valence-corrected chi connectivity index (χ3v) is 4.35. The summed E-state index contributed by atoms with van der Waals surface area (Å²) in [5.41, 5.74) is 1.69. The molecule has 0 aliphatic rings. The summed E-state index contributed by atoms with van der Waals surface area (Å²) in [6.45, 7) is 0. The Morgan fingerprint density at radius 1 is 1.21 bits per heavy atom. The lowest BCUT2D eigenvalue weighted by atomic mass is 10.1. The number of hydrogen-bond acceptors (Lipinski definition) is 7. The Labute approximate surface area is 165 Å². The SMILES string of the molecule is COc1ccc(Nc2nn3cc(C(=O)c4ccccc4O)cnc3c2C#N)cc1. The van der Waals surface area contributed by atoms with Crippen molar-refractivity contribution in [1.82, 2.24) is 14.6 Å². The quantitative estimate of drug-likeness (QED) is 0.507. The van der Waals surface area contributed by atoms with E-state index in [2.05, 4.69) is 21.5 Å². The molecule has 0 aliphatic carbocycles. The number of phenolic OH excluding ortho intramolecular Hbond substituents is 1. The molecule has 0 unspecified atom stereocenters. The highest BCUT2D eigenvalue weighted by molar-refractivity contribution is 6.10. The van der Waals surface area contributed by atoms with Gasteiger partial charge in [-0.3, -0.25) is 4.79 Å². The van der Waals surface area contributed by atoms with Gasteiger partial charge in [0.2, 0.25) is 0 Å². The number of para-hydroxylation sites is 1. The van der Waals surface area contributed by atoms with E-state index in [1.165, 1.54) is 29.0 Å². The Kier molecular flexibility index (Phi) is 4.55. The van der Waals surface area contributed by atoms with Crippen molar-refractivity contribution in [2.75, 3.05) is 12.4 Å². The molecule has 0 bridgehead atoms. The molecule has 0 amide bonds. The number of aromatic hydroxyl groups is 1. The van der Waals surface area contributed by atoms with Crippen LogP contribution in [0.15, 0.2) is 60.9 Å². The van der Waals surface area contributed by atoms with Crippen LogP contribution in [0.1, 0.15) is 21.5 Å². The number of fused-ring (bicyclic) bond motifs is 1. The average molecular weight is 385 g/mol. The van der Waals surface area contributed by atoms with Crippen LogP contribution in [0.5, 0.6) is 11.5 Å². The van der Waals surface area contributed by atoms with Crippen LogP contribution in [0, 0.1) is 11.3 Å². The number of hydrogen-bond donors (Lipinski definition) is 2. The Hall–Kier alpha value is -4.38. The highest BCUT2D eigenvalue weighted by Crippen LogP contribution is 2.25. The fourth-order valence-electron chi connectivity index (χ4n) is 2.87. The molecule has 0 aliphatic heterocycles. The first-order valence-corrected chi connectivity index (χ1v) is 8.63. The van der Waals surface area contributed by atoms with Crippen molar-refractivity contribution in [2.24, 2.45) is 0 Å². The molecule has 8 heteroatoms. The summed E-state index contributed by atoms with van der Waals surface area (Å²) in [7, 11) is 1.58. The average Bonchev–Trinajstić information content (AvgIpc) is 3.10. The van der Waals surface area contributed by atoms with Crippen molar-refractivity contribution < 1.29 is 14.6 Å². The molecule has 29 heavy (non-hydrogen) atoms. The smallest absolute Gasteiger partial charge is 0.199 e. The largest absolute Gasteiger partial charge is 0.507 e. The maximum absolute atomic E-state index is 12.7. The Morgan fingerprint density at radius 3 is 2.66 bits per heavy atom. The van der Waals surface area contributed by atoms with Gasteiger partial charge in [0.05, 0.1) is 18.2 Å². The number of nitrogens with one attached hydrogen (secondary N) is 1. The number of carbonyl (C=O) groups is 1. The predicted molar refractivity (Wildman–Crippen MR) is 106 cm³/mol. The van der Waals surface area contributed by atoms with Crippen LogP contribution in [-0.4, -0.2) is 32.6 Å². The van der Waals surface area contributed by atoms with Crippen molar-refractivity contribution in [3.8, 4) is 17.6 Å². The molecule has 2 N–H and O–H groups in total. The zero-order chi connectivity index (χ0) is 20.4. The molecule has 8 nitrogen and oxygen atoms in total. The van der Waals surface area contributed by atoms with Crippen molar-refractivity contribution >= 4 is 22.9 Å². The lowest BCUT2D eigenvalue weighted by Crippen LogP contribution is -2.05. The third-order valence-electron chi connectivity index (χ3n) is 4.35. The normalized spacial score (nSPS) is 10.5. The van der Waals surface area contributed by atoms with Gasteiger partial charge < -0.3 is 15.2 Å². The first kappa shape index (κ1) is 18.0. The first-order chi connectivity index (χ1) is 14.1. The highest BCUT2D eigenvalue weighted by atomic mass is 16.5. The lowest BCUT2D eigenvalue weighted by Gasteiger charge is -2.04. The summed E-state index contributed by atoms with van der Waals surface area (Å²) >= 11 is 0. The van der Waals surface area contributed by atoms with E-state index in [0.29, 0.717) is 17.2 Å². The Morgan fingerprint density at radius 2 is 1.97 bits per heavy atom. The molecule has 142 valence electrons. The number of phenols is 1. The minimum absolute atomic E-state index is 0.113. The Balaban J connectivity index is 1.71. The van der Waals surface area contributed by atoms with Gasteiger partial charge in [-0.15, -0.1) is 5.10 Å². The fraction of sp³-hybridized carbons (Fsp3) is 0.0476. The van der Waals surface area contributed by atoms with E-state index in [-0.39, 0.29) is 22.4 Å². The minimum atomic E-state index is -0.392. The molecule has 2 heterocycles. The molecular weight excluding hydrogens is 370 g/mol. The monoisotopic (exact) mass is 385 g/mol. The van der Waals surface area contributed by atoms with Gasteiger partial charge in [-0.25, -0.2) is 9.50 Å². The zero-order valence-electron chi connectivity index (χ0n) is 15.3. The van der Waals surface area contributed by atoms with Crippen LogP contribution in [0.2, 0.25) is 0 Å². The first-order valence-electron chi connectivity index (χ1n) is 8.63. The summed E-state index contributed by atoms with van der Waals surface area (Å²) < 4.78 is 6.51. The van der Waals surface area contributed by atoms with E-state index in [4.69, 9.17) is 4.74 Å².